The third-order valence-corrected chi connectivity index (χ3v) is 2.77. The van der Waals surface area contributed by atoms with Gasteiger partial charge in [0.1, 0.15) is 5.75 Å². The van der Waals surface area contributed by atoms with Gasteiger partial charge >= 0.3 is 0 Å². The highest BCUT2D eigenvalue weighted by Crippen LogP contribution is 2.27. The van der Waals surface area contributed by atoms with Gasteiger partial charge in [0.2, 0.25) is 0 Å². The summed E-state index contributed by atoms with van der Waals surface area (Å²) in [5.41, 5.74) is 2.52. The number of fused-ring (bicyclic) bond motifs is 1. The normalized spacial score (nSPS) is 11.1. The van der Waals surface area contributed by atoms with E-state index < -0.39 is 0 Å². The number of aromatic hydroxyl groups is 1. The molecule has 0 aliphatic carbocycles. The Morgan fingerprint density at radius 1 is 1.29 bits per heavy atom. The molecule has 5 heteroatoms. The number of aromatic nitrogens is 4. The van der Waals surface area contributed by atoms with Crippen LogP contribution in [0.25, 0.3) is 17.0 Å². The van der Waals surface area contributed by atoms with Crippen molar-refractivity contribution in [2.75, 3.05) is 0 Å². The van der Waals surface area contributed by atoms with Gasteiger partial charge in [0.25, 0.3) is 0 Å². The maximum absolute atomic E-state index is 9.81. The average Bonchev–Trinajstić information content (AvgIpc) is 2.89. The van der Waals surface area contributed by atoms with E-state index in [0.29, 0.717) is 11.4 Å². The number of aryl methyl sites for hydroxylation is 1. The zero-order chi connectivity index (χ0) is 11.8. The van der Waals surface area contributed by atoms with Gasteiger partial charge in [0.05, 0.1) is 5.56 Å². The van der Waals surface area contributed by atoms with Crippen LogP contribution < -0.4 is 0 Å². The number of aromatic amines is 1. The van der Waals surface area contributed by atoms with Crippen LogP contribution in [0.1, 0.15) is 12.6 Å². The number of hydrogen-bond acceptors (Lipinski definition) is 3. The van der Waals surface area contributed by atoms with Gasteiger partial charge in [0, 0.05) is 11.8 Å². The van der Waals surface area contributed by atoms with Gasteiger partial charge in [-0.25, -0.2) is 4.52 Å². The molecule has 3 rings (SSSR count). The first-order chi connectivity index (χ1) is 8.29. The monoisotopic (exact) mass is 228 g/mol. The van der Waals surface area contributed by atoms with Crippen LogP contribution in [0.2, 0.25) is 0 Å². The Hall–Kier alpha value is -2.30. The summed E-state index contributed by atoms with van der Waals surface area (Å²) in [6.45, 7) is 2.07. The number of nitrogens with zero attached hydrogens (tertiary/aromatic N) is 3. The van der Waals surface area contributed by atoms with Crippen LogP contribution in [-0.2, 0) is 6.42 Å². The molecule has 5 nitrogen and oxygen atoms in total. The number of H-pyrrole nitrogens is 1. The van der Waals surface area contributed by atoms with Crippen molar-refractivity contribution in [3.63, 3.8) is 0 Å². The lowest BCUT2D eigenvalue weighted by molar-refractivity contribution is 0.476. The smallest absolute Gasteiger partial charge is 0.187 e. The molecule has 0 atom stereocenters. The van der Waals surface area contributed by atoms with Crippen molar-refractivity contribution in [2.45, 2.75) is 13.3 Å². The summed E-state index contributed by atoms with van der Waals surface area (Å²) < 4.78 is 1.79. The highest BCUT2D eigenvalue weighted by atomic mass is 16.3. The molecule has 0 unspecified atom stereocenters. The van der Waals surface area contributed by atoms with Crippen LogP contribution in [0.4, 0.5) is 0 Å². The van der Waals surface area contributed by atoms with E-state index in [2.05, 4.69) is 22.2 Å². The van der Waals surface area contributed by atoms with E-state index in [1.807, 2.05) is 18.2 Å². The van der Waals surface area contributed by atoms with Gasteiger partial charge in [-0.15, -0.1) is 10.2 Å². The molecular weight excluding hydrogens is 216 g/mol. The standard InChI is InChI=1S/C12H12N4O/c1-2-8-7-11-13-14-12(16(11)15-8)9-5-3-4-6-10(9)17/h3-7,15,17H,2H2,1H3. The second-order valence-electron chi connectivity index (χ2n) is 3.87. The Balaban J connectivity index is 2.23. The first-order valence-electron chi connectivity index (χ1n) is 5.51. The minimum atomic E-state index is 0.203. The van der Waals surface area contributed by atoms with E-state index in [4.69, 9.17) is 0 Å². The minimum Gasteiger partial charge on any atom is -0.507 e. The van der Waals surface area contributed by atoms with Crippen LogP contribution in [0, 0.1) is 0 Å². The highest BCUT2D eigenvalue weighted by molar-refractivity contribution is 5.65. The predicted molar refractivity (Wildman–Crippen MR) is 63.8 cm³/mol. The van der Waals surface area contributed by atoms with Crippen LogP contribution in [0.5, 0.6) is 5.75 Å². The van der Waals surface area contributed by atoms with E-state index in [9.17, 15) is 5.11 Å². The minimum absolute atomic E-state index is 0.203. The molecule has 2 heterocycles. The second kappa shape index (κ2) is 3.62. The van der Waals surface area contributed by atoms with Gasteiger partial charge in [0.15, 0.2) is 11.5 Å². The third kappa shape index (κ3) is 1.47. The van der Waals surface area contributed by atoms with E-state index in [1.54, 1.807) is 16.6 Å². The zero-order valence-corrected chi connectivity index (χ0v) is 9.38. The Morgan fingerprint density at radius 2 is 2.12 bits per heavy atom. The van der Waals surface area contributed by atoms with Crippen LogP contribution in [0.15, 0.2) is 30.3 Å². The summed E-state index contributed by atoms with van der Waals surface area (Å²) >= 11 is 0. The molecule has 0 bridgehead atoms. The lowest BCUT2D eigenvalue weighted by Gasteiger charge is -2.00. The molecule has 0 aliphatic heterocycles. The van der Waals surface area contributed by atoms with E-state index >= 15 is 0 Å². The lowest BCUT2D eigenvalue weighted by atomic mass is 10.2. The molecule has 0 saturated carbocycles. The van der Waals surface area contributed by atoms with Crippen molar-refractivity contribution >= 4 is 5.65 Å². The molecule has 0 saturated heterocycles. The SMILES string of the molecule is CCc1cc2nnc(-c3ccccc3O)n2[nH]1. The van der Waals surface area contributed by atoms with Crippen LogP contribution in [-0.4, -0.2) is 24.9 Å². The fraction of sp³-hybridized carbons (Fsp3) is 0.167. The Morgan fingerprint density at radius 3 is 2.88 bits per heavy atom. The maximum atomic E-state index is 9.81. The lowest BCUT2D eigenvalue weighted by Crippen LogP contribution is -1.92. The molecular formula is C12H12N4O. The number of phenolic OH excluding ortho intramolecular Hbond substituents is 1. The summed E-state index contributed by atoms with van der Waals surface area (Å²) in [7, 11) is 0. The van der Waals surface area contributed by atoms with Crippen molar-refractivity contribution in [1.82, 2.24) is 19.8 Å². The first kappa shape index (κ1) is 9.89. The molecule has 3 aromatic rings. The fourth-order valence-corrected chi connectivity index (χ4v) is 1.85. The third-order valence-electron chi connectivity index (χ3n) is 2.77. The van der Waals surface area contributed by atoms with Crippen molar-refractivity contribution in [3.05, 3.63) is 36.0 Å². The number of para-hydroxylation sites is 1. The number of nitrogens with one attached hydrogen (secondary N) is 1. The summed E-state index contributed by atoms with van der Waals surface area (Å²) in [6, 6.07) is 9.05. The molecule has 1 aromatic carbocycles. The van der Waals surface area contributed by atoms with Crippen molar-refractivity contribution < 1.29 is 5.11 Å². The zero-order valence-electron chi connectivity index (χ0n) is 9.38. The van der Waals surface area contributed by atoms with Crippen LogP contribution in [0.3, 0.4) is 0 Å². The van der Waals surface area contributed by atoms with Gasteiger partial charge in [-0.05, 0) is 18.6 Å². The molecule has 0 aliphatic rings. The maximum Gasteiger partial charge on any atom is 0.187 e. The molecule has 86 valence electrons. The van der Waals surface area contributed by atoms with Gasteiger partial charge in [-0.1, -0.05) is 19.1 Å². The fourth-order valence-electron chi connectivity index (χ4n) is 1.85. The number of hydrogen-bond donors (Lipinski definition) is 2. The number of phenols is 1. The van der Waals surface area contributed by atoms with E-state index in [1.165, 1.54) is 0 Å². The number of rotatable bonds is 2. The molecule has 0 amide bonds. The van der Waals surface area contributed by atoms with E-state index in [-0.39, 0.29) is 5.75 Å². The summed E-state index contributed by atoms with van der Waals surface area (Å²) in [4.78, 5) is 0. The molecule has 0 radical (unpaired) electrons. The number of benzene rings is 1. The van der Waals surface area contributed by atoms with Gasteiger partial charge in [-0.2, -0.15) is 0 Å². The quantitative estimate of drug-likeness (QED) is 0.705. The molecule has 2 N–H and O–H groups in total. The Labute approximate surface area is 97.7 Å². The first-order valence-corrected chi connectivity index (χ1v) is 5.51. The predicted octanol–water partition coefficient (Wildman–Crippen LogP) is 1.99. The summed E-state index contributed by atoms with van der Waals surface area (Å²) in [5.74, 6) is 0.826. The molecule has 0 fully saturated rings. The Kier molecular flexibility index (Phi) is 2.11. The largest absolute Gasteiger partial charge is 0.507 e. The van der Waals surface area contributed by atoms with Gasteiger partial charge in [-0.3, -0.25) is 5.10 Å². The van der Waals surface area contributed by atoms with Gasteiger partial charge < -0.3 is 5.11 Å². The molecule has 0 spiro atoms. The highest BCUT2D eigenvalue weighted by Gasteiger charge is 2.13. The van der Waals surface area contributed by atoms with E-state index in [0.717, 1.165) is 17.8 Å². The molecule has 17 heavy (non-hydrogen) atoms. The average molecular weight is 228 g/mol. The van der Waals surface area contributed by atoms with Crippen molar-refractivity contribution in [3.8, 4) is 17.1 Å². The topological polar surface area (TPSA) is 66.2 Å². The van der Waals surface area contributed by atoms with Crippen molar-refractivity contribution in [2.24, 2.45) is 0 Å². The Bertz CT molecular complexity index is 668. The summed E-state index contributed by atoms with van der Waals surface area (Å²) in [5, 5.41) is 21.2. The molecule has 2 aromatic heterocycles. The summed E-state index contributed by atoms with van der Waals surface area (Å²) in [6.07, 6.45) is 0.906. The van der Waals surface area contributed by atoms with Crippen LogP contribution >= 0.6 is 0 Å². The van der Waals surface area contributed by atoms with Crippen molar-refractivity contribution in [1.29, 1.82) is 0 Å². The second-order valence-corrected chi connectivity index (χ2v) is 3.87.